The molecule has 1 heterocycles. The van der Waals surface area contributed by atoms with Gasteiger partial charge in [-0.2, -0.15) is 4.99 Å². The summed E-state index contributed by atoms with van der Waals surface area (Å²) in [4.78, 5) is 5.86. The van der Waals surface area contributed by atoms with Gasteiger partial charge in [0.1, 0.15) is 0 Å². The monoisotopic (exact) mass is 197 g/mol. The minimum Gasteiger partial charge on any atom is -0.369 e. The summed E-state index contributed by atoms with van der Waals surface area (Å²) in [5.74, 6) is 0.158. The molecule has 2 unspecified atom stereocenters. The van der Waals surface area contributed by atoms with Crippen molar-refractivity contribution in [3.05, 3.63) is 0 Å². The molecule has 1 saturated heterocycles. The largest absolute Gasteiger partial charge is 0.369 e. The summed E-state index contributed by atoms with van der Waals surface area (Å²) in [6, 6.07) is 0.858. The standard InChI is InChI=1S/C9H19N5/c1-3-7-5-4-6(2)14(7)9(12)13-8(10)11/h6-7H,3-5H2,1-2H3,(H5,10,11,12,13). The zero-order valence-corrected chi connectivity index (χ0v) is 8.83. The van der Waals surface area contributed by atoms with Crippen molar-refractivity contribution in [2.45, 2.75) is 45.2 Å². The van der Waals surface area contributed by atoms with Crippen LogP contribution in [0.1, 0.15) is 33.1 Å². The number of nitrogens with zero attached hydrogens (tertiary/aromatic N) is 2. The highest BCUT2D eigenvalue weighted by Crippen LogP contribution is 2.25. The van der Waals surface area contributed by atoms with Crippen molar-refractivity contribution < 1.29 is 0 Å². The first kappa shape index (κ1) is 10.8. The highest BCUT2D eigenvalue weighted by Gasteiger charge is 2.30. The summed E-state index contributed by atoms with van der Waals surface area (Å²) in [6.07, 6.45) is 3.33. The summed E-state index contributed by atoms with van der Waals surface area (Å²) in [7, 11) is 0. The van der Waals surface area contributed by atoms with Gasteiger partial charge in [0.2, 0.25) is 5.96 Å². The van der Waals surface area contributed by atoms with Gasteiger partial charge in [0, 0.05) is 12.1 Å². The second-order valence-electron chi connectivity index (χ2n) is 3.75. The third-order valence-electron chi connectivity index (χ3n) is 2.76. The van der Waals surface area contributed by atoms with E-state index in [0.29, 0.717) is 18.0 Å². The number of hydrogen-bond acceptors (Lipinski definition) is 1. The Morgan fingerprint density at radius 3 is 2.64 bits per heavy atom. The highest BCUT2D eigenvalue weighted by atomic mass is 15.3. The molecule has 1 aliphatic heterocycles. The average molecular weight is 197 g/mol. The number of nitrogens with two attached hydrogens (primary N) is 2. The van der Waals surface area contributed by atoms with Gasteiger partial charge in [-0.25, -0.2) is 0 Å². The molecule has 0 aromatic heterocycles. The van der Waals surface area contributed by atoms with E-state index in [4.69, 9.17) is 16.9 Å². The van der Waals surface area contributed by atoms with Crippen molar-refractivity contribution in [3.8, 4) is 0 Å². The van der Waals surface area contributed by atoms with E-state index in [1.807, 2.05) is 0 Å². The van der Waals surface area contributed by atoms with Crippen molar-refractivity contribution in [2.24, 2.45) is 16.5 Å². The third-order valence-corrected chi connectivity index (χ3v) is 2.76. The lowest BCUT2D eigenvalue weighted by molar-refractivity contribution is 0.318. The Hall–Kier alpha value is -1.26. The van der Waals surface area contributed by atoms with E-state index in [1.54, 1.807) is 0 Å². The molecule has 80 valence electrons. The Bertz CT molecular complexity index is 248. The van der Waals surface area contributed by atoms with Gasteiger partial charge in [-0.3, -0.25) is 5.41 Å². The van der Waals surface area contributed by atoms with Crippen LogP contribution in [0.3, 0.4) is 0 Å². The van der Waals surface area contributed by atoms with E-state index in [-0.39, 0.29) is 5.96 Å². The maximum absolute atomic E-state index is 7.06. The lowest BCUT2D eigenvalue weighted by atomic mass is 10.2. The van der Waals surface area contributed by atoms with Crippen molar-refractivity contribution in [1.82, 2.24) is 4.90 Å². The van der Waals surface area contributed by atoms with Crippen molar-refractivity contribution >= 4 is 11.9 Å². The number of guanidine groups is 2. The summed E-state index contributed by atoms with van der Waals surface area (Å²) in [6.45, 7) is 4.26. The van der Waals surface area contributed by atoms with Gasteiger partial charge in [0.15, 0.2) is 5.96 Å². The topological polar surface area (TPSA) is 91.5 Å². The first-order valence-corrected chi connectivity index (χ1v) is 5.02. The van der Waals surface area contributed by atoms with Crippen LogP contribution in [-0.4, -0.2) is 28.9 Å². The molecular weight excluding hydrogens is 178 g/mol. The highest BCUT2D eigenvalue weighted by molar-refractivity contribution is 5.92. The molecule has 0 saturated carbocycles. The van der Waals surface area contributed by atoms with E-state index in [1.165, 1.54) is 0 Å². The molecule has 1 rings (SSSR count). The molecular formula is C9H19N5. The van der Waals surface area contributed by atoms with Gasteiger partial charge in [0.05, 0.1) is 0 Å². The first-order chi connectivity index (χ1) is 6.56. The third kappa shape index (κ3) is 2.16. The quantitative estimate of drug-likeness (QED) is 0.421. The van der Waals surface area contributed by atoms with Crippen LogP contribution in [0.4, 0.5) is 0 Å². The van der Waals surface area contributed by atoms with Gasteiger partial charge in [-0.15, -0.1) is 0 Å². The number of hydrogen-bond donors (Lipinski definition) is 3. The molecule has 14 heavy (non-hydrogen) atoms. The number of likely N-dealkylation sites (tertiary alicyclic amines) is 1. The van der Waals surface area contributed by atoms with Crippen molar-refractivity contribution in [2.75, 3.05) is 0 Å². The number of nitrogens with one attached hydrogen (secondary N) is 1. The molecule has 0 spiro atoms. The van der Waals surface area contributed by atoms with Gasteiger partial charge in [-0.05, 0) is 26.2 Å². The van der Waals surface area contributed by atoms with Crippen LogP contribution in [0, 0.1) is 5.41 Å². The fraction of sp³-hybridized carbons (Fsp3) is 0.778. The molecule has 0 aliphatic carbocycles. The van der Waals surface area contributed by atoms with Crippen LogP contribution in [-0.2, 0) is 0 Å². The lowest BCUT2D eigenvalue weighted by Crippen LogP contribution is -2.45. The fourth-order valence-electron chi connectivity index (χ4n) is 2.07. The van der Waals surface area contributed by atoms with Gasteiger partial charge < -0.3 is 16.4 Å². The Labute approximate surface area is 84.7 Å². The van der Waals surface area contributed by atoms with Crippen molar-refractivity contribution in [3.63, 3.8) is 0 Å². The molecule has 0 bridgehead atoms. The number of rotatable bonds is 1. The Morgan fingerprint density at radius 2 is 2.14 bits per heavy atom. The molecule has 5 N–H and O–H groups in total. The van der Waals surface area contributed by atoms with Gasteiger partial charge in [0.25, 0.3) is 0 Å². The summed E-state index contributed by atoms with van der Waals surface area (Å²) < 4.78 is 0. The Morgan fingerprint density at radius 1 is 1.50 bits per heavy atom. The molecule has 0 radical (unpaired) electrons. The summed E-state index contributed by atoms with van der Waals surface area (Å²) >= 11 is 0. The maximum atomic E-state index is 7.06. The minimum absolute atomic E-state index is 0.226. The van der Waals surface area contributed by atoms with Crippen LogP contribution in [0.25, 0.3) is 0 Å². The molecule has 5 nitrogen and oxygen atoms in total. The first-order valence-electron chi connectivity index (χ1n) is 5.02. The normalized spacial score (nSPS) is 28.1. The average Bonchev–Trinajstić information content (AvgIpc) is 2.45. The molecule has 0 aromatic rings. The predicted molar refractivity (Wildman–Crippen MR) is 58.2 cm³/mol. The zero-order chi connectivity index (χ0) is 10.7. The van der Waals surface area contributed by atoms with E-state index in [2.05, 4.69) is 23.7 Å². The second-order valence-corrected chi connectivity index (χ2v) is 3.75. The maximum Gasteiger partial charge on any atom is 0.215 e. The van der Waals surface area contributed by atoms with Crippen LogP contribution < -0.4 is 11.5 Å². The zero-order valence-electron chi connectivity index (χ0n) is 8.83. The van der Waals surface area contributed by atoms with Crippen LogP contribution >= 0.6 is 0 Å². The lowest BCUT2D eigenvalue weighted by Gasteiger charge is -2.28. The molecule has 1 aliphatic rings. The molecule has 1 fully saturated rings. The van der Waals surface area contributed by atoms with Crippen LogP contribution in [0.15, 0.2) is 4.99 Å². The summed E-state index contributed by atoms with van der Waals surface area (Å²) in [5, 5.41) is 7.06. The number of aliphatic imine (C=N–C) groups is 1. The molecule has 5 heteroatoms. The Kier molecular flexibility index (Phi) is 3.33. The van der Waals surface area contributed by atoms with Crippen LogP contribution in [0.5, 0.6) is 0 Å². The van der Waals surface area contributed by atoms with E-state index < -0.39 is 0 Å². The SMILES string of the molecule is CCC1CCC(C)N1/C(N)=N/C(=N)N. The summed E-state index contributed by atoms with van der Waals surface area (Å²) in [5.41, 5.74) is 11.0. The minimum atomic E-state index is -0.226. The van der Waals surface area contributed by atoms with Gasteiger partial charge >= 0.3 is 0 Å². The van der Waals surface area contributed by atoms with Crippen LogP contribution in [0.2, 0.25) is 0 Å². The smallest absolute Gasteiger partial charge is 0.215 e. The second kappa shape index (κ2) is 4.30. The van der Waals surface area contributed by atoms with E-state index in [9.17, 15) is 0 Å². The van der Waals surface area contributed by atoms with Gasteiger partial charge in [-0.1, -0.05) is 6.92 Å². The van der Waals surface area contributed by atoms with E-state index >= 15 is 0 Å². The van der Waals surface area contributed by atoms with Crippen molar-refractivity contribution in [1.29, 1.82) is 5.41 Å². The molecule has 0 aromatic carbocycles. The molecule has 2 atom stereocenters. The Balaban J connectivity index is 2.78. The predicted octanol–water partition coefficient (Wildman–Crippen LogP) is 0.457. The molecule has 0 amide bonds. The fourth-order valence-corrected chi connectivity index (χ4v) is 2.07. The van der Waals surface area contributed by atoms with E-state index in [0.717, 1.165) is 19.3 Å².